The molecule has 28 heavy (non-hydrogen) atoms. The number of anilines is 2. The topological polar surface area (TPSA) is 101 Å². The van der Waals surface area contributed by atoms with E-state index in [1.807, 2.05) is 13.0 Å². The van der Waals surface area contributed by atoms with Gasteiger partial charge in [0.25, 0.3) is 0 Å². The number of hydrogen-bond acceptors (Lipinski definition) is 5. The van der Waals surface area contributed by atoms with Gasteiger partial charge in [0.05, 0.1) is 12.8 Å². The predicted molar refractivity (Wildman–Crippen MR) is 103 cm³/mol. The Morgan fingerprint density at radius 2 is 2.11 bits per heavy atom. The summed E-state index contributed by atoms with van der Waals surface area (Å²) in [6, 6.07) is 8.67. The molecule has 2 aromatic rings. The Labute approximate surface area is 162 Å². The summed E-state index contributed by atoms with van der Waals surface area (Å²) >= 11 is 0. The van der Waals surface area contributed by atoms with Crippen LogP contribution in [-0.2, 0) is 19.1 Å². The van der Waals surface area contributed by atoms with Crippen LogP contribution in [0.15, 0.2) is 41.0 Å². The van der Waals surface area contributed by atoms with E-state index in [4.69, 9.17) is 9.15 Å². The van der Waals surface area contributed by atoms with Gasteiger partial charge >= 0.3 is 11.8 Å². The van der Waals surface area contributed by atoms with Crippen LogP contribution in [0.1, 0.15) is 30.3 Å². The van der Waals surface area contributed by atoms with Crippen molar-refractivity contribution in [2.24, 2.45) is 0 Å². The number of methoxy groups -OCH3 is 1. The van der Waals surface area contributed by atoms with Crippen molar-refractivity contribution in [3.63, 3.8) is 0 Å². The number of aryl methyl sites for hydroxylation is 1. The van der Waals surface area contributed by atoms with Gasteiger partial charge in [0, 0.05) is 31.5 Å². The lowest BCUT2D eigenvalue weighted by molar-refractivity contribution is -0.136. The summed E-state index contributed by atoms with van der Waals surface area (Å²) in [5.41, 5.74) is 2.13. The van der Waals surface area contributed by atoms with Crippen molar-refractivity contribution < 1.29 is 23.5 Å². The second-order valence-corrected chi connectivity index (χ2v) is 6.55. The van der Waals surface area contributed by atoms with E-state index in [9.17, 15) is 14.4 Å². The Hall–Kier alpha value is -3.13. The second kappa shape index (κ2) is 8.71. The quantitative estimate of drug-likeness (QED) is 0.742. The SMILES string of the molecule is COC(CNC(=O)C(=O)Nc1ccc(C)c(N2CCCC2=O)c1)c1ccco1. The molecule has 3 amide bonds. The maximum atomic E-state index is 12.2. The van der Waals surface area contributed by atoms with Crippen molar-refractivity contribution in [2.45, 2.75) is 25.9 Å². The third-order valence-electron chi connectivity index (χ3n) is 4.63. The third-order valence-corrected chi connectivity index (χ3v) is 4.63. The fraction of sp³-hybridized carbons (Fsp3) is 0.350. The highest BCUT2D eigenvalue weighted by molar-refractivity contribution is 6.39. The first-order valence-corrected chi connectivity index (χ1v) is 9.06. The Morgan fingerprint density at radius 3 is 2.75 bits per heavy atom. The highest BCUT2D eigenvalue weighted by Gasteiger charge is 2.24. The van der Waals surface area contributed by atoms with Crippen LogP contribution in [0.25, 0.3) is 0 Å². The average Bonchev–Trinajstić information content (AvgIpc) is 3.35. The molecule has 0 saturated carbocycles. The largest absolute Gasteiger partial charge is 0.467 e. The summed E-state index contributed by atoms with van der Waals surface area (Å²) in [7, 11) is 1.49. The smallest absolute Gasteiger partial charge is 0.313 e. The fourth-order valence-electron chi connectivity index (χ4n) is 3.11. The minimum Gasteiger partial charge on any atom is -0.467 e. The standard InChI is InChI=1S/C20H23N3O5/c1-13-7-8-14(11-15(13)23-9-3-6-18(23)24)22-20(26)19(25)21-12-17(27-2)16-5-4-10-28-16/h4-5,7-8,10-11,17H,3,6,9,12H2,1-2H3,(H,21,25)(H,22,26). The minimum atomic E-state index is -0.795. The van der Waals surface area contributed by atoms with Gasteiger partial charge in [-0.05, 0) is 43.2 Å². The molecule has 1 aromatic heterocycles. The number of carbonyl (C=O) groups is 3. The second-order valence-electron chi connectivity index (χ2n) is 6.55. The molecule has 8 heteroatoms. The first kappa shape index (κ1) is 19.6. The molecule has 1 aliphatic rings. The molecule has 0 radical (unpaired) electrons. The summed E-state index contributed by atoms with van der Waals surface area (Å²) in [5.74, 6) is -0.959. The van der Waals surface area contributed by atoms with Gasteiger partial charge in [-0.25, -0.2) is 0 Å². The normalized spacial score (nSPS) is 14.8. The average molecular weight is 385 g/mol. The molecule has 0 spiro atoms. The van der Waals surface area contributed by atoms with E-state index in [2.05, 4.69) is 10.6 Å². The maximum absolute atomic E-state index is 12.2. The molecular weight excluding hydrogens is 362 g/mol. The molecule has 0 bridgehead atoms. The Kier molecular flexibility index (Phi) is 6.10. The zero-order valence-electron chi connectivity index (χ0n) is 15.9. The van der Waals surface area contributed by atoms with Gasteiger partial charge in [-0.2, -0.15) is 0 Å². The zero-order valence-corrected chi connectivity index (χ0v) is 15.9. The number of nitrogens with one attached hydrogen (secondary N) is 2. The van der Waals surface area contributed by atoms with Gasteiger partial charge in [0.15, 0.2) is 0 Å². The summed E-state index contributed by atoms with van der Waals surface area (Å²) in [4.78, 5) is 38.0. The maximum Gasteiger partial charge on any atom is 0.313 e. The van der Waals surface area contributed by atoms with Crippen molar-refractivity contribution in [1.29, 1.82) is 0 Å². The Balaban J connectivity index is 1.61. The lowest BCUT2D eigenvalue weighted by Gasteiger charge is -2.19. The number of rotatable bonds is 6. The molecule has 1 atom stereocenters. The zero-order chi connectivity index (χ0) is 20.1. The van der Waals surface area contributed by atoms with E-state index < -0.39 is 17.9 Å². The molecular formula is C20H23N3O5. The number of ether oxygens (including phenoxy) is 1. The van der Waals surface area contributed by atoms with Crippen molar-refractivity contribution in [3.05, 3.63) is 47.9 Å². The van der Waals surface area contributed by atoms with E-state index in [0.717, 1.165) is 17.7 Å². The van der Waals surface area contributed by atoms with Gasteiger partial charge in [0.2, 0.25) is 5.91 Å². The minimum absolute atomic E-state index is 0.0628. The van der Waals surface area contributed by atoms with Crippen LogP contribution in [0.4, 0.5) is 11.4 Å². The van der Waals surface area contributed by atoms with Gasteiger partial charge in [0.1, 0.15) is 11.9 Å². The van der Waals surface area contributed by atoms with Crippen molar-refractivity contribution in [2.75, 3.05) is 30.4 Å². The van der Waals surface area contributed by atoms with Crippen LogP contribution >= 0.6 is 0 Å². The summed E-state index contributed by atoms with van der Waals surface area (Å²) in [5, 5.41) is 5.10. The fourth-order valence-corrected chi connectivity index (χ4v) is 3.11. The molecule has 1 aliphatic heterocycles. The van der Waals surface area contributed by atoms with Gasteiger partial charge in [-0.15, -0.1) is 0 Å². The van der Waals surface area contributed by atoms with E-state index in [-0.39, 0.29) is 12.5 Å². The number of nitrogens with zero attached hydrogens (tertiary/aromatic N) is 1. The first-order valence-electron chi connectivity index (χ1n) is 9.06. The molecule has 8 nitrogen and oxygen atoms in total. The van der Waals surface area contributed by atoms with Crippen LogP contribution in [0.5, 0.6) is 0 Å². The predicted octanol–water partition coefficient (Wildman–Crippen LogP) is 2.16. The van der Waals surface area contributed by atoms with Crippen LogP contribution in [0.3, 0.4) is 0 Å². The molecule has 148 valence electrons. The summed E-state index contributed by atoms with van der Waals surface area (Å²) in [6.45, 7) is 2.65. The van der Waals surface area contributed by atoms with Gasteiger partial charge in [-0.3, -0.25) is 14.4 Å². The van der Waals surface area contributed by atoms with E-state index in [1.165, 1.54) is 13.4 Å². The van der Waals surface area contributed by atoms with Crippen molar-refractivity contribution >= 4 is 29.1 Å². The van der Waals surface area contributed by atoms with Crippen molar-refractivity contribution in [1.82, 2.24) is 5.32 Å². The number of amides is 3. The number of hydrogen-bond donors (Lipinski definition) is 2. The Bertz CT molecular complexity index is 863. The van der Waals surface area contributed by atoms with Gasteiger partial charge in [-0.1, -0.05) is 6.07 Å². The lowest BCUT2D eigenvalue weighted by atomic mass is 10.1. The van der Waals surface area contributed by atoms with Crippen molar-refractivity contribution in [3.8, 4) is 0 Å². The van der Waals surface area contributed by atoms with Crippen LogP contribution in [0, 0.1) is 6.92 Å². The molecule has 1 saturated heterocycles. The molecule has 1 aromatic carbocycles. The van der Waals surface area contributed by atoms with E-state index >= 15 is 0 Å². The van der Waals surface area contributed by atoms with Crippen LogP contribution < -0.4 is 15.5 Å². The molecule has 0 aliphatic carbocycles. The first-order chi connectivity index (χ1) is 13.5. The van der Waals surface area contributed by atoms with E-state index in [1.54, 1.807) is 29.2 Å². The Morgan fingerprint density at radius 1 is 1.29 bits per heavy atom. The van der Waals surface area contributed by atoms with Gasteiger partial charge < -0.3 is 24.7 Å². The monoisotopic (exact) mass is 385 g/mol. The summed E-state index contributed by atoms with van der Waals surface area (Å²) in [6.07, 6.45) is 2.36. The number of carbonyl (C=O) groups excluding carboxylic acids is 3. The van der Waals surface area contributed by atoms with Crippen LogP contribution in [0.2, 0.25) is 0 Å². The molecule has 2 heterocycles. The van der Waals surface area contributed by atoms with Crippen LogP contribution in [-0.4, -0.2) is 37.9 Å². The third kappa shape index (κ3) is 4.40. The molecule has 1 fully saturated rings. The number of furan rings is 1. The molecule has 3 rings (SSSR count). The number of benzene rings is 1. The highest BCUT2D eigenvalue weighted by atomic mass is 16.5. The lowest BCUT2D eigenvalue weighted by Crippen LogP contribution is -2.38. The molecule has 2 N–H and O–H groups in total. The summed E-state index contributed by atoms with van der Waals surface area (Å²) < 4.78 is 10.5. The highest BCUT2D eigenvalue weighted by Crippen LogP contribution is 2.28. The van der Waals surface area contributed by atoms with E-state index in [0.29, 0.717) is 24.4 Å². The molecule has 1 unspecified atom stereocenters.